The molecule has 0 aliphatic carbocycles. The molecule has 3 rings (SSSR count). The maximum atomic E-state index is 5.63. The van der Waals surface area contributed by atoms with Gasteiger partial charge in [0.05, 0.1) is 28.3 Å². The standard InChI is InChI=1S/C12H14N6S/c1-18-11-5-3-2-4-8(11)9(16-18)6-10(15-13)12-7-14-17-19-12/h2-5,7,10,15H,6,13H2,1H3. The maximum absolute atomic E-state index is 5.63. The fourth-order valence-corrected chi connectivity index (χ4v) is 2.76. The van der Waals surface area contributed by atoms with E-state index in [4.69, 9.17) is 5.84 Å². The fourth-order valence-electron chi connectivity index (χ4n) is 2.20. The summed E-state index contributed by atoms with van der Waals surface area (Å²) in [5.41, 5.74) is 4.95. The fraction of sp³-hybridized carbons (Fsp3) is 0.250. The number of rotatable bonds is 4. The molecule has 7 heteroatoms. The highest BCUT2D eigenvalue weighted by Crippen LogP contribution is 2.24. The Labute approximate surface area is 114 Å². The molecule has 0 saturated heterocycles. The Morgan fingerprint density at radius 2 is 2.26 bits per heavy atom. The topological polar surface area (TPSA) is 81.7 Å². The van der Waals surface area contributed by atoms with Gasteiger partial charge in [0, 0.05) is 18.9 Å². The van der Waals surface area contributed by atoms with Crippen molar-refractivity contribution in [3.63, 3.8) is 0 Å². The van der Waals surface area contributed by atoms with Crippen LogP contribution in [0.5, 0.6) is 0 Å². The summed E-state index contributed by atoms with van der Waals surface area (Å²) in [6.45, 7) is 0. The monoisotopic (exact) mass is 274 g/mol. The van der Waals surface area contributed by atoms with Gasteiger partial charge in [0.25, 0.3) is 0 Å². The lowest BCUT2D eigenvalue weighted by molar-refractivity contribution is 0.550. The summed E-state index contributed by atoms with van der Waals surface area (Å²) in [5, 5.41) is 9.58. The van der Waals surface area contributed by atoms with Crippen molar-refractivity contribution in [2.45, 2.75) is 12.5 Å². The quantitative estimate of drug-likeness (QED) is 0.551. The van der Waals surface area contributed by atoms with Gasteiger partial charge in [0.2, 0.25) is 0 Å². The van der Waals surface area contributed by atoms with Crippen molar-refractivity contribution < 1.29 is 0 Å². The van der Waals surface area contributed by atoms with Crippen molar-refractivity contribution in [2.75, 3.05) is 0 Å². The lowest BCUT2D eigenvalue weighted by atomic mass is 10.1. The number of nitrogens with zero attached hydrogens (tertiary/aromatic N) is 4. The zero-order valence-corrected chi connectivity index (χ0v) is 11.3. The maximum Gasteiger partial charge on any atom is 0.0723 e. The molecule has 19 heavy (non-hydrogen) atoms. The second-order valence-corrected chi connectivity index (χ2v) is 5.15. The van der Waals surface area contributed by atoms with Crippen LogP contribution in [0.3, 0.4) is 0 Å². The average molecular weight is 274 g/mol. The van der Waals surface area contributed by atoms with E-state index < -0.39 is 0 Å². The molecule has 0 spiro atoms. The smallest absolute Gasteiger partial charge is 0.0723 e. The van der Waals surface area contributed by atoms with Crippen LogP contribution >= 0.6 is 11.5 Å². The first-order valence-electron chi connectivity index (χ1n) is 5.93. The second-order valence-electron chi connectivity index (χ2n) is 4.33. The summed E-state index contributed by atoms with van der Waals surface area (Å²) in [7, 11) is 1.95. The molecule has 0 fully saturated rings. The molecule has 0 aliphatic heterocycles. The van der Waals surface area contributed by atoms with E-state index in [0.717, 1.165) is 21.5 Å². The summed E-state index contributed by atoms with van der Waals surface area (Å²) in [4.78, 5) is 1.01. The van der Waals surface area contributed by atoms with Gasteiger partial charge in [-0.05, 0) is 17.6 Å². The van der Waals surface area contributed by atoms with Crippen LogP contribution in [0.1, 0.15) is 16.6 Å². The first-order valence-corrected chi connectivity index (χ1v) is 6.71. The van der Waals surface area contributed by atoms with Crippen LogP contribution in [0.25, 0.3) is 10.9 Å². The summed E-state index contributed by atoms with van der Waals surface area (Å²) in [6, 6.07) is 8.16. The molecule has 1 unspecified atom stereocenters. The van der Waals surface area contributed by atoms with Crippen LogP contribution in [0.2, 0.25) is 0 Å². The van der Waals surface area contributed by atoms with Gasteiger partial charge in [-0.1, -0.05) is 22.7 Å². The number of hydrazine groups is 1. The Bertz CT molecular complexity index is 675. The highest BCUT2D eigenvalue weighted by atomic mass is 32.1. The van der Waals surface area contributed by atoms with Crippen LogP contribution in [0.15, 0.2) is 30.5 Å². The van der Waals surface area contributed by atoms with Crippen LogP contribution < -0.4 is 11.3 Å². The van der Waals surface area contributed by atoms with E-state index >= 15 is 0 Å². The number of aryl methyl sites for hydroxylation is 1. The number of nitrogens with one attached hydrogen (secondary N) is 1. The first kappa shape index (κ1) is 12.2. The number of fused-ring (bicyclic) bond motifs is 1. The predicted octanol–water partition coefficient (Wildman–Crippen LogP) is 1.17. The van der Waals surface area contributed by atoms with E-state index in [1.54, 1.807) is 6.20 Å². The number of hydrogen-bond donors (Lipinski definition) is 2. The Morgan fingerprint density at radius 1 is 1.42 bits per heavy atom. The lowest BCUT2D eigenvalue weighted by Gasteiger charge is -2.11. The third-order valence-corrected chi connectivity index (χ3v) is 3.93. The van der Waals surface area contributed by atoms with Crippen molar-refractivity contribution in [1.29, 1.82) is 0 Å². The number of aromatic nitrogens is 4. The minimum Gasteiger partial charge on any atom is -0.271 e. The molecule has 1 atom stereocenters. The molecule has 3 N–H and O–H groups in total. The number of hydrogen-bond acceptors (Lipinski definition) is 6. The molecule has 3 aromatic rings. The van der Waals surface area contributed by atoms with Gasteiger partial charge in [-0.15, -0.1) is 5.10 Å². The first-order chi connectivity index (χ1) is 9.29. The van der Waals surface area contributed by atoms with Crippen molar-refractivity contribution in [1.82, 2.24) is 24.8 Å². The Balaban J connectivity index is 1.97. The zero-order chi connectivity index (χ0) is 13.2. The molecule has 0 bridgehead atoms. The van der Waals surface area contributed by atoms with Crippen LogP contribution in [0.4, 0.5) is 0 Å². The van der Waals surface area contributed by atoms with E-state index in [1.165, 1.54) is 11.5 Å². The Hall–Kier alpha value is -1.83. The number of nitrogens with two attached hydrogens (primary N) is 1. The molecule has 0 aliphatic rings. The Morgan fingerprint density at radius 3 is 3.00 bits per heavy atom. The second kappa shape index (κ2) is 5.04. The lowest BCUT2D eigenvalue weighted by Crippen LogP contribution is -2.29. The molecule has 0 saturated carbocycles. The largest absolute Gasteiger partial charge is 0.271 e. The molecule has 2 aromatic heterocycles. The highest BCUT2D eigenvalue weighted by molar-refractivity contribution is 7.05. The van der Waals surface area contributed by atoms with Crippen LogP contribution in [-0.4, -0.2) is 19.4 Å². The van der Waals surface area contributed by atoms with Gasteiger partial charge in [-0.2, -0.15) is 5.10 Å². The molecule has 0 amide bonds. The van der Waals surface area contributed by atoms with Gasteiger partial charge < -0.3 is 0 Å². The molecular formula is C12H14N6S. The van der Waals surface area contributed by atoms with E-state index in [1.807, 2.05) is 23.9 Å². The van der Waals surface area contributed by atoms with Gasteiger partial charge in [-0.25, -0.2) is 0 Å². The molecule has 2 heterocycles. The predicted molar refractivity (Wildman–Crippen MR) is 74.4 cm³/mol. The van der Waals surface area contributed by atoms with Crippen LogP contribution in [0, 0.1) is 0 Å². The summed E-state index contributed by atoms with van der Waals surface area (Å²) in [6.07, 6.45) is 2.45. The molecule has 0 radical (unpaired) electrons. The minimum atomic E-state index is -0.0155. The zero-order valence-electron chi connectivity index (χ0n) is 10.4. The van der Waals surface area contributed by atoms with Gasteiger partial charge in [0.1, 0.15) is 0 Å². The summed E-state index contributed by atoms with van der Waals surface area (Å²) < 4.78 is 5.76. The molecule has 1 aromatic carbocycles. The van der Waals surface area contributed by atoms with E-state index in [0.29, 0.717) is 6.42 Å². The summed E-state index contributed by atoms with van der Waals surface area (Å²) >= 11 is 1.35. The van der Waals surface area contributed by atoms with Crippen molar-refractivity contribution in [2.24, 2.45) is 12.9 Å². The van der Waals surface area contributed by atoms with Crippen LogP contribution in [-0.2, 0) is 13.5 Å². The normalized spacial score (nSPS) is 12.9. The van der Waals surface area contributed by atoms with Gasteiger partial charge in [-0.3, -0.25) is 16.0 Å². The van der Waals surface area contributed by atoms with E-state index in [9.17, 15) is 0 Å². The van der Waals surface area contributed by atoms with Crippen molar-refractivity contribution in [3.8, 4) is 0 Å². The minimum absolute atomic E-state index is 0.0155. The van der Waals surface area contributed by atoms with Crippen molar-refractivity contribution in [3.05, 3.63) is 41.0 Å². The number of para-hydroxylation sites is 1. The number of benzene rings is 1. The molecular weight excluding hydrogens is 260 g/mol. The Kier molecular flexibility index (Phi) is 3.24. The van der Waals surface area contributed by atoms with E-state index in [-0.39, 0.29) is 6.04 Å². The van der Waals surface area contributed by atoms with Gasteiger partial charge >= 0.3 is 0 Å². The third-order valence-electron chi connectivity index (χ3n) is 3.15. The molecule has 6 nitrogen and oxygen atoms in total. The summed E-state index contributed by atoms with van der Waals surface area (Å²) in [5.74, 6) is 5.63. The SMILES string of the molecule is Cn1nc(CC(NN)c2cnns2)c2ccccc21. The third kappa shape index (κ3) is 2.23. The van der Waals surface area contributed by atoms with Gasteiger partial charge in [0.15, 0.2) is 0 Å². The molecule has 98 valence electrons. The average Bonchev–Trinajstić information content (AvgIpc) is 3.06. The van der Waals surface area contributed by atoms with Crippen molar-refractivity contribution >= 4 is 22.4 Å². The van der Waals surface area contributed by atoms with E-state index in [2.05, 4.69) is 32.2 Å². The highest BCUT2D eigenvalue weighted by Gasteiger charge is 2.17.